The molecule has 13 heavy (non-hydrogen) atoms. The average molecular weight is 204 g/mol. The summed E-state index contributed by atoms with van der Waals surface area (Å²) in [5.74, 6) is -0.700. The van der Waals surface area contributed by atoms with Gasteiger partial charge in [-0.2, -0.15) is 12.6 Å². The first-order chi connectivity index (χ1) is 6.16. The molecule has 0 saturated carbocycles. The van der Waals surface area contributed by atoms with E-state index in [-0.39, 0.29) is 6.42 Å². The van der Waals surface area contributed by atoms with Gasteiger partial charge in [0.15, 0.2) is 0 Å². The van der Waals surface area contributed by atoms with E-state index in [2.05, 4.69) is 19.6 Å². The number of aliphatic carboxylic acids is 1. The summed E-state index contributed by atoms with van der Waals surface area (Å²) in [5.41, 5.74) is 0. The van der Waals surface area contributed by atoms with Crippen LogP contribution in [0.2, 0.25) is 0 Å². The van der Waals surface area contributed by atoms with Crippen molar-refractivity contribution in [3.05, 3.63) is 0 Å². The Bertz CT molecular complexity index is 137. The van der Waals surface area contributed by atoms with Gasteiger partial charge in [-0.3, -0.25) is 4.79 Å². The lowest BCUT2D eigenvalue weighted by atomic mass is 10.1. The first-order valence-electron chi connectivity index (χ1n) is 5.06. The van der Waals surface area contributed by atoms with Crippen LogP contribution in [0.4, 0.5) is 0 Å². The van der Waals surface area contributed by atoms with Crippen LogP contribution in [0.5, 0.6) is 0 Å². The van der Waals surface area contributed by atoms with Crippen molar-refractivity contribution in [2.75, 3.05) is 0 Å². The summed E-state index contributed by atoms with van der Waals surface area (Å²) in [5, 5.41) is 8.81. The minimum atomic E-state index is -0.700. The van der Waals surface area contributed by atoms with Crippen molar-refractivity contribution in [1.29, 1.82) is 0 Å². The van der Waals surface area contributed by atoms with Gasteiger partial charge in [0.25, 0.3) is 0 Å². The molecule has 0 unspecified atom stereocenters. The summed E-state index contributed by atoms with van der Waals surface area (Å²) < 4.78 is 0. The molecule has 0 aliphatic rings. The molecule has 0 radical (unpaired) electrons. The van der Waals surface area contributed by atoms with Crippen LogP contribution in [0.25, 0.3) is 0 Å². The highest BCUT2D eigenvalue weighted by molar-refractivity contribution is 7.80. The summed E-state index contributed by atoms with van der Waals surface area (Å²) in [6.45, 7) is 2.18. The second kappa shape index (κ2) is 8.42. The van der Waals surface area contributed by atoms with Crippen LogP contribution in [0.1, 0.15) is 51.9 Å². The molecule has 0 spiro atoms. The van der Waals surface area contributed by atoms with Gasteiger partial charge < -0.3 is 5.11 Å². The van der Waals surface area contributed by atoms with E-state index in [0.29, 0.717) is 5.25 Å². The molecule has 0 heterocycles. The predicted octanol–water partition coefficient (Wildman–Crippen LogP) is 3.12. The minimum absolute atomic E-state index is 0.283. The molecular formula is C10H20O2S. The Balaban J connectivity index is 3.19. The third-order valence-corrected chi connectivity index (χ3v) is 2.59. The van der Waals surface area contributed by atoms with Crippen molar-refractivity contribution >= 4 is 18.6 Å². The molecule has 0 aliphatic heterocycles. The van der Waals surface area contributed by atoms with E-state index in [4.69, 9.17) is 5.11 Å². The SMILES string of the molecule is CCCCC[C@H](S)CCCC(=O)O. The second-order valence-electron chi connectivity index (χ2n) is 3.44. The predicted molar refractivity (Wildman–Crippen MR) is 58.4 cm³/mol. The van der Waals surface area contributed by atoms with Gasteiger partial charge in [-0.1, -0.05) is 26.2 Å². The zero-order valence-corrected chi connectivity index (χ0v) is 9.22. The summed E-state index contributed by atoms with van der Waals surface area (Å²) in [6, 6.07) is 0. The van der Waals surface area contributed by atoms with E-state index < -0.39 is 5.97 Å². The lowest BCUT2D eigenvalue weighted by molar-refractivity contribution is -0.137. The van der Waals surface area contributed by atoms with Gasteiger partial charge >= 0.3 is 5.97 Å². The molecule has 3 heteroatoms. The topological polar surface area (TPSA) is 37.3 Å². The van der Waals surface area contributed by atoms with E-state index in [1.54, 1.807) is 0 Å². The highest BCUT2D eigenvalue weighted by atomic mass is 32.1. The Morgan fingerprint density at radius 1 is 1.31 bits per heavy atom. The summed E-state index contributed by atoms with van der Waals surface area (Å²) in [4.78, 5) is 10.2. The van der Waals surface area contributed by atoms with Gasteiger partial charge in [0.2, 0.25) is 0 Å². The summed E-state index contributed by atoms with van der Waals surface area (Å²) >= 11 is 4.41. The van der Waals surface area contributed by atoms with Crippen LogP contribution < -0.4 is 0 Å². The van der Waals surface area contributed by atoms with Crippen LogP contribution in [0.3, 0.4) is 0 Å². The number of unbranched alkanes of at least 4 members (excludes halogenated alkanes) is 2. The lowest BCUT2D eigenvalue weighted by Crippen LogP contribution is -2.01. The van der Waals surface area contributed by atoms with Gasteiger partial charge in [-0.05, 0) is 19.3 Å². The smallest absolute Gasteiger partial charge is 0.303 e. The Labute approximate surface area is 86.1 Å². The summed E-state index contributed by atoms with van der Waals surface area (Å²) in [7, 11) is 0. The van der Waals surface area contributed by atoms with Gasteiger partial charge in [0.1, 0.15) is 0 Å². The molecule has 0 aromatic carbocycles. The normalized spacial score (nSPS) is 12.8. The highest BCUT2D eigenvalue weighted by Gasteiger charge is 2.04. The van der Waals surface area contributed by atoms with Crippen molar-refractivity contribution in [1.82, 2.24) is 0 Å². The third-order valence-electron chi connectivity index (χ3n) is 2.07. The zero-order valence-electron chi connectivity index (χ0n) is 8.33. The first kappa shape index (κ1) is 12.8. The molecule has 1 atom stereocenters. The van der Waals surface area contributed by atoms with E-state index in [1.807, 2.05) is 0 Å². The molecule has 2 nitrogen and oxygen atoms in total. The molecule has 1 N–H and O–H groups in total. The Kier molecular flexibility index (Phi) is 8.30. The van der Waals surface area contributed by atoms with Gasteiger partial charge in [0, 0.05) is 11.7 Å². The molecule has 0 fully saturated rings. The number of carboxylic acids is 1. The number of hydrogen-bond donors (Lipinski definition) is 2. The monoisotopic (exact) mass is 204 g/mol. The molecule has 0 saturated heterocycles. The Hall–Kier alpha value is -0.180. The number of carbonyl (C=O) groups is 1. The van der Waals surface area contributed by atoms with Crippen molar-refractivity contribution in [2.45, 2.75) is 57.1 Å². The molecule has 0 aliphatic carbocycles. The lowest BCUT2D eigenvalue weighted by Gasteiger charge is -2.08. The molecule has 0 bridgehead atoms. The van der Waals surface area contributed by atoms with Gasteiger partial charge in [-0.25, -0.2) is 0 Å². The quantitative estimate of drug-likeness (QED) is 0.471. The maximum atomic E-state index is 10.2. The molecule has 0 amide bonds. The van der Waals surface area contributed by atoms with Crippen molar-refractivity contribution < 1.29 is 9.90 Å². The molecule has 0 rings (SSSR count). The fourth-order valence-electron chi connectivity index (χ4n) is 1.26. The van der Waals surface area contributed by atoms with Crippen molar-refractivity contribution in [3.63, 3.8) is 0 Å². The molecule has 0 aromatic heterocycles. The fraction of sp³-hybridized carbons (Fsp3) is 0.900. The van der Waals surface area contributed by atoms with E-state index >= 15 is 0 Å². The van der Waals surface area contributed by atoms with Gasteiger partial charge in [-0.15, -0.1) is 0 Å². The first-order valence-corrected chi connectivity index (χ1v) is 5.58. The minimum Gasteiger partial charge on any atom is -0.481 e. The highest BCUT2D eigenvalue weighted by Crippen LogP contribution is 2.14. The maximum absolute atomic E-state index is 10.2. The van der Waals surface area contributed by atoms with E-state index in [9.17, 15) is 4.79 Å². The summed E-state index contributed by atoms with van der Waals surface area (Å²) in [6.07, 6.45) is 6.81. The van der Waals surface area contributed by atoms with E-state index in [1.165, 1.54) is 19.3 Å². The van der Waals surface area contributed by atoms with Gasteiger partial charge in [0.05, 0.1) is 0 Å². The largest absolute Gasteiger partial charge is 0.481 e. The van der Waals surface area contributed by atoms with Crippen LogP contribution in [0, 0.1) is 0 Å². The maximum Gasteiger partial charge on any atom is 0.303 e. The van der Waals surface area contributed by atoms with Crippen LogP contribution in [0.15, 0.2) is 0 Å². The molecular weight excluding hydrogens is 184 g/mol. The number of carboxylic acid groups (broad SMARTS) is 1. The average Bonchev–Trinajstić information content (AvgIpc) is 2.04. The van der Waals surface area contributed by atoms with Crippen LogP contribution >= 0.6 is 12.6 Å². The number of hydrogen-bond acceptors (Lipinski definition) is 2. The third kappa shape index (κ3) is 9.74. The van der Waals surface area contributed by atoms with E-state index in [0.717, 1.165) is 19.3 Å². The Morgan fingerprint density at radius 3 is 2.46 bits per heavy atom. The molecule has 78 valence electrons. The van der Waals surface area contributed by atoms with Crippen LogP contribution in [-0.4, -0.2) is 16.3 Å². The Morgan fingerprint density at radius 2 is 1.92 bits per heavy atom. The van der Waals surface area contributed by atoms with Crippen molar-refractivity contribution in [3.8, 4) is 0 Å². The standard InChI is InChI=1S/C10H20O2S/c1-2-3-4-6-9(13)7-5-8-10(11)12/h9,13H,2-8H2,1H3,(H,11,12)/t9-/m0/s1. The number of rotatable bonds is 8. The zero-order chi connectivity index (χ0) is 10.1. The van der Waals surface area contributed by atoms with Crippen molar-refractivity contribution in [2.24, 2.45) is 0 Å². The second-order valence-corrected chi connectivity index (χ2v) is 4.17. The fourth-order valence-corrected chi connectivity index (χ4v) is 1.63. The number of thiol groups is 1. The molecule has 0 aromatic rings. The van der Waals surface area contributed by atoms with Crippen LogP contribution in [-0.2, 0) is 4.79 Å².